The van der Waals surface area contributed by atoms with Crippen LogP contribution in [0.25, 0.3) is 11.5 Å². The first-order chi connectivity index (χ1) is 19.0. The Hall–Kier alpha value is -4.72. The molecule has 1 aliphatic rings. The van der Waals surface area contributed by atoms with Gasteiger partial charge in [-0.15, -0.1) is 0 Å². The molecule has 1 aliphatic heterocycles. The van der Waals surface area contributed by atoms with Crippen molar-refractivity contribution in [1.29, 1.82) is 0 Å². The molecule has 1 N–H and O–H groups in total. The van der Waals surface area contributed by atoms with Gasteiger partial charge >= 0.3 is 6.03 Å². The number of benzene rings is 3. The van der Waals surface area contributed by atoms with Crippen molar-refractivity contribution in [3.05, 3.63) is 137 Å². The zero-order valence-corrected chi connectivity index (χ0v) is 21.4. The molecule has 0 saturated heterocycles. The zero-order chi connectivity index (χ0) is 26.9. The summed E-state index contributed by atoms with van der Waals surface area (Å²) in [5.41, 5.74) is 4.96. The van der Waals surface area contributed by atoms with Crippen LogP contribution in [-0.2, 0) is 19.5 Å². The maximum absolute atomic E-state index is 14.5. The molecule has 0 bridgehead atoms. The number of carbonyl (C=O) groups excluding carboxylic acids is 1. The molecule has 5 aromatic rings. The van der Waals surface area contributed by atoms with Crippen molar-refractivity contribution in [1.82, 2.24) is 24.6 Å². The predicted octanol–water partition coefficient (Wildman–Crippen LogP) is 6.32. The van der Waals surface area contributed by atoms with Crippen LogP contribution in [0.4, 0.5) is 13.6 Å². The molecular weight excluding hydrogens is 496 g/mol. The Kier molecular flexibility index (Phi) is 6.44. The molecule has 2 amide bonds. The number of carbonyl (C=O) groups is 1. The van der Waals surface area contributed by atoms with Gasteiger partial charge in [0.2, 0.25) is 0 Å². The molecule has 3 aromatic carbocycles. The monoisotopic (exact) mass is 523 g/mol. The summed E-state index contributed by atoms with van der Waals surface area (Å²) in [6, 6.07) is 25.3. The highest BCUT2D eigenvalue weighted by atomic mass is 19.1. The van der Waals surface area contributed by atoms with Gasteiger partial charge in [0.05, 0.1) is 29.7 Å². The van der Waals surface area contributed by atoms with Crippen LogP contribution >= 0.6 is 0 Å². The Morgan fingerprint density at radius 3 is 2.49 bits per heavy atom. The summed E-state index contributed by atoms with van der Waals surface area (Å²) in [5.74, 6) is 0.150. The number of urea groups is 1. The molecule has 0 aliphatic carbocycles. The second-order valence-electron chi connectivity index (χ2n) is 9.52. The molecule has 6 nitrogen and oxygen atoms in total. The molecule has 0 fully saturated rings. The number of amides is 2. The number of nitrogens with zero attached hydrogens (tertiary/aromatic N) is 4. The number of halogens is 2. The van der Waals surface area contributed by atoms with Crippen molar-refractivity contribution in [2.45, 2.75) is 32.5 Å². The number of aryl methyl sites for hydroxylation is 1. The molecule has 6 rings (SSSR count). The standard InChI is InChI=1S/C31H27F2N5O/c1-2-27-26-20-37(31(39)34-19-21-13-15-23(32)16-14-21)29(22-8-6-9-24(33)18-22)28-12-7-17-36(28)30(26)38(35-27)25-10-4-3-5-11-25/h3-18,29H,2,19-20H2,1H3,(H,34,39)/t29-/m0/s1. The molecule has 3 heterocycles. The van der Waals surface area contributed by atoms with Crippen LogP contribution in [0.2, 0.25) is 0 Å². The first kappa shape index (κ1) is 24.6. The molecule has 0 saturated carbocycles. The van der Waals surface area contributed by atoms with Gasteiger partial charge in [0, 0.05) is 18.3 Å². The summed E-state index contributed by atoms with van der Waals surface area (Å²) in [7, 11) is 0. The first-order valence-corrected chi connectivity index (χ1v) is 12.9. The van der Waals surface area contributed by atoms with Crippen molar-refractivity contribution < 1.29 is 13.6 Å². The SMILES string of the molecule is CCc1nn(-c2ccccc2)c2c1CN(C(=O)NCc1ccc(F)cc1)[C@@H](c1cccc(F)c1)c1cccn1-2. The third-order valence-electron chi connectivity index (χ3n) is 7.09. The molecule has 8 heteroatoms. The molecule has 0 spiro atoms. The molecule has 196 valence electrons. The van der Waals surface area contributed by atoms with Crippen LogP contribution in [0.3, 0.4) is 0 Å². The maximum Gasteiger partial charge on any atom is 0.318 e. The highest BCUT2D eigenvalue weighted by Gasteiger charge is 2.36. The lowest BCUT2D eigenvalue weighted by molar-refractivity contribution is 0.180. The molecular formula is C31H27F2N5O. The van der Waals surface area contributed by atoms with Crippen molar-refractivity contribution >= 4 is 6.03 Å². The largest absolute Gasteiger partial charge is 0.334 e. The van der Waals surface area contributed by atoms with Crippen LogP contribution < -0.4 is 5.32 Å². The number of fused-ring (bicyclic) bond motifs is 3. The Morgan fingerprint density at radius 2 is 1.74 bits per heavy atom. The Bertz CT molecular complexity index is 1620. The topological polar surface area (TPSA) is 55.1 Å². The lowest BCUT2D eigenvalue weighted by atomic mass is 10.0. The van der Waals surface area contributed by atoms with Gasteiger partial charge in [-0.05, 0) is 66.1 Å². The van der Waals surface area contributed by atoms with E-state index in [1.165, 1.54) is 24.3 Å². The molecule has 0 radical (unpaired) electrons. The van der Waals surface area contributed by atoms with Crippen molar-refractivity contribution in [2.75, 3.05) is 0 Å². The van der Waals surface area contributed by atoms with Gasteiger partial charge in [0.1, 0.15) is 17.5 Å². The second kappa shape index (κ2) is 10.2. The highest BCUT2D eigenvalue weighted by molar-refractivity contribution is 5.76. The van der Waals surface area contributed by atoms with E-state index in [2.05, 4.69) is 9.88 Å². The number of hydrogen-bond donors (Lipinski definition) is 1. The Labute approximate surface area is 225 Å². The molecule has 2 aromatic heterocycles. The number of hydrogen-bond acceptors (Lipinski definition) is 2. The second-order valence-corrected chi connectivity index (χ2v) is 9.52. The fourth-order valence-corrected chi connectivity index (χ4v) is 5.26. The van der Waals surface area contributed by atoms with E-state index < -0.39 is 6.04 Å². The quantitative estimate of drug-likeness (QED) is 0.293. The van der Waals surface area contributed by atoms with E-state index in [1.807, 2.05) is 66.3 Å². The van der Waals surface area contributed by atoms with Gasteiger partial charge in [-0.1, -0.05) is 49.4 Å². The van der Waals surface area contributed by atoms with Gasteiger partial charge in [-0.3, -0.25) is 0 Å². The van der Waals surface area contributed by atoms with Gasteiger partial charge in [0.25, 0.3) is 0 Å². The summed E-state index contributed by atoms with van der Waals surface area (Å²) in [6.07, 6.45) is 2.63. The Morgan fingerprint density at radius 1 is 0.949 bits per heavy atom. The van der Waals surface area contributed by atoms with E-state index >= 15 is 0 Å². The van der Waals surface area contributed by atoms with Gasteiger partial charge < -0.3 is 14.8 Å². The van der Waals surface area contributed by atoms with Gasteiger partial charge in [0.15, 0.2) is 0 Å². The van der Waals surface area contributed by atoms with Crippen molar-refractivity contribution in [3.8, 4) is 11.5 Å². The maximum atomic E-state index is 14.5. The number of rotatable bonds is 5. The number of aromatic nitrogens is 3. The minimum atomic E-state index is -0.565. The highest BCUT2D eigenvalue weighted by Crippen LogP contribution is 2.38. The fourth-order valence-electron chi connectivity index (χ4n) is 5.26. The van der Waals surface area contributed by atoms with E-state index in [0.717, 1.165) is 34.0 Å². The third kappa shape index (κ3) is 4.58. The van der Waals surface area contributed by atoms with Crippen LogP contribution in [0, 0.1) is 11.6 Å². The lowest BCUT2D eigenvalue weighted by Gasteiger charge is -2.31. The van der Waals surface area contributed by atoms with Crippen molar-refractivity contribution in [2.24, 2.45) is 0 Å². The average molecular weight is 524 g/mol. The average Bonchev–Trinajstić information content (AvgIpc) is 3.54. The minimum absolute atomic E-state index is 0.225. The number of para-hydroxylation sites is 1. The van der Waals surface area contributed by atoms with E-state index in [4.69, 9.17) is 5.10 Å². The summed E-state index contributed by atoms with van der Waals surface area (Å²) in [5, 5.41) is 7.94. The third-order valence-corrected chi connectivity index (χ3v) is 7.09. The normalized spacial score (nSPS) is 14.4. The van der Waals surface area contributed by atoms with Gasteiger partial charge in [-0.25, -0.2) is 18.3 Å². The van der Waals surface area contributed by atoms with Crippen LogP contribution in [0.5, 0.6) is 0 Å². The lowest BCUT2D eigenvalue weighted by Crippen LogP contribution is -2.41. The minimum Gasteiger partial charge on any atom is -0.334 e. The van der Waals surface area contributed by atoms with Crippen LogP contribution in [-0.4, -0.2) is 25.3 Å². The van der Waals surface area contributed by atoms with E-state index in [0.29, 0.717) is 12.0 Å². The predicted molar refractivity (Wildman–Crippen MR) is 145 cm³/mol. The molecule has 0 unspecified atom stereocenters. The smallest absolute Gasteiger partial charge is 0.318 e. The van der Waals surface area contributed by atoms with Crippen LogP contribution in [0.1, 0.15) is 41.0 Å². The van der Waals surface area contributed by atoms with Crippen LogP contribution in [0.15, 0.2) is 97.2 Å². The summed E-state index contributed by atoms with van der Waals surface area (Å²) < 4.78 is 31.9. The fraction of sp³-hybridized carbons (Fsp3) is 0.161. The zero-order valence-electron chi connectivity index (χ0n) is 21.4. The van der Waals surface area contributed by atoms with E-state index in [-0.39, 0.29) is 30.8 Å². The molecule has 39 heavy (non-hydrogen) atoms. The van der Waals surface area contributed by atoms with Gasteiger partial charge in [-0.2, -0.15) is 5.10 Å². The number of nitrogens with one attached hydrogen (secondary N) is 1. The summed E-state index contributed by atoms with van der Waals surface area (Å²) in [4.78, 5) is 15.6. The summed E-state index contributed by atoms with van der Waals surface area (Å²) in [6.45, 7) is 2.54. The molecule has 1 atom stereocenters. The van der Waals surface area contributed by atoms with Crippen molar-refractivity contribution in [3.63, 3.8) is 0 Å². The summed E-state index contributed by atoms with van der Waals surface area (Å²) >= 11 is 0. The Balaban J connectivity index is 1.49. The first-order valence-electron chi connectivity index (χ1n) is 12.9. The van der Waals surface area contributed by atoms with E-state index in [9.17, 15) is 13.6 Å². The van der Waals surface area contributed by atoms with E-state index in [1.54, 1.807) is 23.1 Å².